The second-order valence-corrected chi connectivity index (χ2v) is 6.37. The topological polar surface area (TPSA) is 46.3 Å². The van der Waals surface area contributed by atoms with Gasteiger partial charge in [-0.05, 0) is 69.2 Å². The summed E-state index contributed by atoms with van der Waals surface area (Å²) < 4.78 is 0. The number of hydrogen-bond donors (Lipinski definition) is 1. The summed E-state index contributed by atoms with van der Waals surface area (Å²) >= 11 is 0. The fraction of sp³-hybridized carbons (Fsp3) is 0.611. The molecule has 3 heteroatoms. The van der Waals surface area contributed by atoms with Crippen LogP contribution in [0.4, 0.5) is 0 Å². The minimum Gasteiger partial charge on any atom is -0.336 e. The normalized spacial score (nSPS) is 22.1. The van der Waals surface area contributed by atoms with Gasteiger partial charge in [-0.2, -0.15) is 0 Å². The van der Waals surface area contributed by atoms with Crippen LogP contribution in [0.5, 0.6) is 0 Å². The van der Waals surface area contributed by atoms with Gasteiger partial charge in [0.05, 0.1) is 0 Å². The molecule has 1 aliphatic carbocycles. The van der Waals surface area contributed by atoms with Crippen LogP contribution in [0.3, 0.4) is 0 Å². The molecule has 0 radical (unpaired) electrons. The molecule has 0 unspecified atom stereocenters. The number of aryl methyl sites for hydroxylation is 2. The van der Waals surface area contributed by atoms with Crippen LogP contribution in [0.25, 0.3) is 0 Å². The molecule has 1 aliphatic rings. The van der Waals surface area contributed by atoms with Crippen LogP contribution in [0.2, 0.25) is 0 Å². The highest BCUT2D eigenvalue weighted by atomic mass is 16.2. The molecule has 0 saturated heterocycles. The van der Waals surface area contributed by atoms with Crippen LogP contribution in [0, 0.1) is 13.8 Å². The molecule has 0 atom stereocenters. The van der Waals surface area contributed by atoms with E-state index in [0.29, 0.717) is 12.1 Å². The molecule has 1 saturated carbocycles. The molecule has 1 amide bonds. The first kappa shape index (κ1) is 16.0. The van der Waals surface area contributed by atoms with Gasteiger partial charge in [0.15, 0.2) is 0 Å². The van der Waals surface area contributed by atoms with Gasteiger partial charge in [0.2, 0.25) is 0 Å². The van der Waals surface area contributed by atoms with Crippen molar-refractivity contribution >= 4 is 5.91 Å². The van der Waals surface area contributed by atoms with E-state index in [4.69, 9.17) is 5.73 Å². The van der Waals surface area contributed by atoms with E-state index in [1.165, 1.54) is 11.1 Å². The fourth-order valence-electron chi connectivity index (χ4n) is 3.14. The third kappa shape index (κ3) is 3.85. The standard InChI is InChI=1S/C18H28N2O/c1-4-11-20(17-9-7-16(19)8-10-17)18(21)15-6-5-13(2)14(3)12-15/h5-6,12,16-17H,4,7-11,19H2,1-3H3. The summed E-state index contributed by atoms with van der Waals surface area (Å²) in [7, 11) is 0. The number of carbonyl (C=O) groups is 1. The number of amides is 1. The van der Waals surface area contributed by atoms with Crippen LogP contribution >= 0.6 is 0 Å². The first-order valence-corrected chi connectivity index (χ1v) is 8.16. The maximum absolute atomic E-state index is 12.9. The molecule has 2 rings (SSSR count). The molecular formula is C18H28N2O. The number of rotatable bonds is 4. The molecule has 0 heterocycles. The van der Waals surface area contributed by atoms with Gasteiger partial charge in [-0.15, -0.1) is 0 Å². The molecule has 3 nitrogen and oxygen atoms in total. The van der Waals surface area contributed by atoms with Gasteiger partial charge in [0.25, 0.3) is 5.91 Å². The predicted octanol–water partition coefficient (Wildman–Crippen LogP) is 3.43. The monoisotopic (exact) mass is 288 g/mol. The molecular weight excluding hydrogens is 260 g/mol. The van der Waals surface area contributed by atoms with Crippen molar-refractivity contribution < 1.29 is 4.79 Å². The van der Waals surface area contributed by atoms with Crippen LogP contribution in [-0.2, 0) is 0 Å². The summed E-state index contributed by atoms with van der Waals surface area (Å²) in [5, 5.41) is 0. The molecule has 1 aromatic rings. The third-order valence-electron chi connectivity index (χ3n) is 4.66. The second-order valence-electron chi connectivity index (χ2n) is 6.37. The van der Waals surface area contributed by atoms with Crippen molar-refractivity contribution in [1.29, 1.82) is 0 Å². The first-order valence-electron chi connectivity index (χ1n) is 8.16. The van der Waals surface area contributed by atoms with Crippen molar-refractivity contribution in [3.8, 4) is 0 Å². The third-order valence-corrected chi connectivity index (χ3v) is 4.66. The SMILES string of the molecule is CCCN(C(=O)c1ccc(C)c(C)c1)C1CCC(N)CC1. The van der Waals surface area contributed by atoms with Gasteiger partial charge in [-0.25, -0.2) is 0 Å². The van der Waals surface area contributed by atoms with Crippen molar-refractivity contribution in [3.05, 3.63) is 34.9 Å². The fourth-order valence-corrected chi connectivity index (χ4v) is 3.14. The average molecular weight is 288 g/mol. The lowest BCUT2D eigenvalue weighted by molar-refractivity contribution is 0.0626. The molecule has 0 aliphatic heterocycles. The van der Waals surface area contributed by atoms with E-state index in [9.17, 15) is 4.79 Å². The van der Waals surface area contributed by atoms with E-state index in [1.807, 2.05) is 18.2 Å². The molecule has 0 aromatic heterocycles. The largest absolute Gasteiger partial charge is 0.336 e. The number of nitrogens with two attached hydrogens (primary N) is 1. The van der Waals surface area contributed by atoms with Gasteiger partial charge < -0.3 is 10.6 Å². The Morgan fingerprint density at radius 1 is 1.19 bits per heavy atom. The van der Waals surface area contributed by atoms with Crippen molar-refractivity contribution in [1.82, 2.24) is 4.90 Å². The summed E-state index contributed by atoms with van der Waals surface area (Å²) in [5.74, 6) is 0.181. The number of benzene rings is 1. The van der Waals surface area contributed by atoms with Gasteiger partial charge in [-0.3, -0.25) is 4.79 Å². The molecule has 21 heavy (non-hydrogen) atoms. The number of hydrogen-bond acceptors (Lipinski definition) is 2. The summed E-state index contributed by atoms with van der Waals surface area (Å²) in [6, 6.07) is 6.71. The second kappa shape index (κ2) is 7.08. The van der Waals surface area contributed by atoms with Crippen molar-refractivity contribution in [2.75, 3.05) is 6.54 Å². The minimum absolute atomic E-state index is 0.181. The Balaban J connectivity index is 2.16. The Hall–Kier alpha value is -1.35. The van der Waals surface area contributed by atoms with E-state index < -0.39 is 0 Å². The maximum atomic E-state index is 12.9. The minimum atomic E-state index is 0.181. The Morgan fingerprint density at radius 2 is 1.86 bits per heavy atom. The van der Waals surface area contributed by atoms with Crippen molar-refractivity contribution in [2.24, 2.45) is 5.73 Å². The maximum Gasteiger partial charge on any atom is 0.254 e. The summed E-state index contributed by atoms with van der Waals surface area (Å²) in [4.78, 5) is 15.0. The molecule has 0 bridgehead atoms. The van der Waals surface area contributed by atoms with Crippen LogP contribution in [0.1, 0.15) is 60.5 Å². The summed E-state index contributed by atoms with van der Waals surface area (Å²) in [6.07, 6.45) is 5.14. The van der Waals surface area contributed by atoms with E-state index in [0.717, 1.165) is 44.2 Å². The van der Waals surface area contributed by atoms with Crippen molar-refractivity contribution in [2.45, 2.75) is 65.0 Å². The zero-order valence-corrected chi connectivity index (χ0v) is 13.6. The Labute approximate surface area is 128 Å². The average Bonchev–Trinajstić information content (AvgIpc) is 2.48. The Morgan fingerprint density at radius 3 is 2.43 bits per heavy atom. The van der Waals surface area contributed by atoms with Gasteiger partial charge in [0.1, 0.15) is 0 Å². The smallest absolute Gasteiger partial charge is 0.254 e. The molecule has 1 aromatic carbocycles. The zero-order valence-electron chi connectivity index (χ0n) is 13.6. The molecule has 116 valence electrons. The van der Waals surface area contributed by atoms with Crippen LogP contribution in [0.15, 0.2) is 18.2 Å². The molecule has 2 N–H and O–H groups in total. The lowest BCUT2D eigenvalue weighted by Crippen LogP contribution is -2.44. The highest BCUT2D eigenvalue weighted by Gasteiger charge is 2.27. The summed E-state index contributed by atoms with van der Waals surface area (Å²) in [5.41, 5.74) is 9.23. The highest BCUT2D eigenvalue weighted by molar-refractivity contribution is 5.94. The Bertz CT molecular complexity index is 490. The van der Waals surface area contributed by atoms with E-state index >= 15 is 0 Å². The quantitative estimate of drug-likeness (QED) is 0.922. The Kier molecular flexibility index (Phi) is 5.40. The molecule has 0 spiro atoms. The van der Waals surface area contributed by atoms with Crippen LogP contribution < -0.4 is 5.73 Å². The molecule has 1 fully saturated rings. The van der Waals surface area contributed by atoms with Crippen LogP contribution in [-0.4, -0.2) is 29.4 Å². The van der Waals surface area contributed by atoms with E-state index in [-0.39, 0.29) is 5.91 Å². The lowest BCUT2D eigenvalue weighted by atomic mass is 9.90. The lowest BCUT2D eigenvalue weighted by Gasteiger charge is -2.36. The van der Waals surface area contributed by atoms with Gasteiger partial charge in [-0.1, -0.05) is 13.0 Å². The van der Waals surface area contributed by atoms with E-state index in [2.05, 4.69) is 25.7 Å². The first-order chi connectivity index (χ1) is 10.0. The zero-order chi connectivity index (χ0) is 15.4. The van der Waals surface area contributed by atoms with Gasteiger partial charge in [0, 0.05) is 24.2 Å². The summed E-state index contributed by atoms with van der Waals surface area (Å²) in [6.45, 7) is 7.12. The predicted molar refractivity (Wildman–Crippen MR) is 87.5 cm³/mol. The number of carbonyl (C=O) groups excluding carboxylic acids is 1. The highest BCUT2D eigenvalue weighted by Crippen LogP contribution is 2.24. The number of nitrogens with zero attached hydrogens (tertiary/aromatic N) is 1. The van der Waals surface area contributed by atoms with E-state index in [1.54, 1.807) is 0 Å². The van der Waals surface area contributed by atoms with Gasteiger partial charge >= 0.3 is 0 Å². The van der Waals surface area contributed by atoms with Crippen molar-refractivity contribution in [3.63, 3.8) is 0 Å².